The molecule has 0 unspecified atom stereocenters. The molecule has 0 saturated heterocycles. The van der Waals surface area contributed by atoms with E-state index in [1.165, 1.54) is 11.3 Å². The second-order valence-corrected chi connectivity index (χ2v) is 4.32. The molecular formula is C7H7F3S2. The van der Waals surface area contributed by atoms with Crippen LogP contribution in [0.2, 0.25) is 0 Å². The fourth-order valence-corrected chi connectivity index (χ4v) is 2.11. The Morgan fingerprint density at radius 3 is 2.67 bits per heavy atom. The SMILES string of the molecule is FC(F)(F)SCCc1cccs1. The minimum atomic E-state index is -4.09. The van der Waals surface area contributed by atoms with Crippen molar-refractivity contribution in [1.29, 1.82) is 0 Å². The third-order valence-electron chi connectivity index (χ3n) is 1.19. The van der Waals surface area contributed by atoms with Crippen molar-refractivity contribution in [1.82, 2.24) is 0 Å². The number of halogens is 3. The van der Waals surface area contributed by atoms with Gasteiger partial charge in [0.2, 0.25) is 0 Å². The molecular weight excluding hydrogens is 205 g/mol. The summed E-state index contributed by atoms with van der Waals surface area (Å²) in [5.41, 5.74) is -4.09. The standard InChI is InChI=1S/C7H7F3S2/c8-7(9,10)12-5-3-6-2-1-4-11-6/h1-2,4H,3,5H2. The molecule has 12 heavy (non-hydrogen) atoms. The van der Waals surface area contributed by atoms with E-state index in [9.17, 15) is 13.2 Å². The van der Waals surface area contributed by atoms with Crippen molar-refractivity contribution in [2.24, 2.45) is 0 Å². The fourth-order valence-electron chi connectivity index (χ4n) is 0.722. The Balaban J connectivity index is 2.20. The molecule has 1 rings (SSSR count). The number of hydrogen-bond acceptors (Lipinski definition) is 2. The second kappa shape index (κ2) is 4.18. The van der Waals surface area contributed by atoms with Crippen LogP contribution in [0.4, 0.5) is 13.2 Å². The third-order valence-corrected chi connectivity index (χ3v) is 2.87. The topological polar surface area (TPSA) is 0 Å². The van der Waals surface area contributed by atoms with Crippen LogP contribution in [0, 0.1) is 0 Å². The smallest absolute Gasteiger partial charge is 0.160 e. The molecule has 5 heteroatoms. The van der Waals surface area contributed by atoms with Crippen molar-refractivity contribution in [2.75, 3.05) is 5.75 Å². The summed E-state index contributed by atoms with van der Waals surface area (Å²) in [7, 11) is 0. The zero-order valence-corrected chi connectivity index (χ0v) is 7.73. The zero-order chi connectivity index (χ0) is 9.03. The van der Waals surface area contributed by atoms with E-state index in [0.717, 1.165) is 4.88 Å². The number of thiophene rings is 1. The van der Waals surface area contributed by atoms with Gasteiger partial charge in [0.25, 0.3) is 0 Å². The average molecular weight is 212 g/mol. The molecule has 1 aromatic rings. The van der Waals surface area contributed by atoms with Gasteiger partial charge in [0.15, 0.2) is 0 Å². The van der Waals surface area contributed by atoms with Gasteiger partial charge < -0.3 is 0 Å². The minimum absolute atomic E-state index is 0.0385. The molecule has 1 aromatic heterocycles. The molecule has 0 N–H and O–H groups in total. The van der Waals surface area contributed by atoms with E-state index < -0.39 is 5.51 Å². The number of thioether (sulfide) groups is 1. The first-order valence-electron chi connectivity index (χ1n) is 3.31. The number of hydrogen-bond donors (Lipinski definition) is 0. The van der Waals surface area contributed by atoms with Crippen LogP contribution in [0.5, 0.6) is 0 Å². The van der Waals surface area contributed by atoms with Crippen molar-refractivity contribution in [3.63, 3.8) is 0 Å². The van der Waals surface area contributed by atoms with Crippen LogP contribution in [0.3, 0.4) is 0 Å². The summed E-state index contributed by atoms with van der Waals surface area (Å²) in [6.07, 6.45) is 0.502. The van der Waals surface area contributed by atoms with E-state index in [1.807, 2.05) is 17.5 Å². The predicted molar refractivity (Wildman–Crippen MR) is 46.5 cm³/mol. The molecule has 0 radical (unpaired) electrons. The first-order chi connectivity index (χ1) is 5.58. The maximum absolute atomic E-state index is 11.7. The first kappa shape index (κ1) is 9.92. The van der Waals surface area contributed by atoms with Crippen LogP contribution in [-0.4, -0.2) is 11.3 Å². The van der Waals surface area contributed by atoms with Crippen LogP contribution in [-0.2, 0) is 6.42 Å². The van der Waals surface area contributed by atoms with Crippen molar-refractivity contribution in [2.45, 2.75) is 11.9 Å². The number of rotatable bonds is 3. The van der Waals surface area contributed by atoms with E-state index in [2.05, 4.69) is 0 Å². The largest absolute Gasteiger partial charge is 0.441 e. The highest BCUT2D eigenvalue weighted by Crippen LogP contribution is 2.30. The second-order valence-electron chi connectivity index (χ2n) is 2.12. The molecule has 1 heterocycles. The minimum Gasteiger partial charge on any atom is -0.160 e. The molecule has 0 aliphatic carbocycles. The van der Waals surface area contributed by atoms with E-state index >= 15 is 0 Å². The van der Waals surface area contributed by atoms with Gasteiger partial charge in [0.1, 0.15) is 0 Å². The van der Waals surface area contributed by atoms with E-state index in [4.69, 9.17) is 0 Å². The Morgan fingerprint density at radius 1 is 1.42 bits per heavy atom. The van der Waals surface area contributed by atoms with Crippen LogP contribution >= 0.6 is 23.1 Å². The molecule has 68 valence electrons. The summed E-state index contributed by atoms with van der Waals surface area (Å²) < 4.78 is 35.0. The van der Waals surface area contributed by atoms with Crippen molar-refractivity contribution in [3.05, 3.63) is 22.4 Å². The maximum atomic E-state index is 11.7. The molecule has 0 aliphatic heterocycles. The summed E-state index contributed by atoms with van der Waals surface area (Å²) in [4.78, 5) is 1.01. The van der Waals surface area contributed by atoms with Gasteiger partial charge in [-0.2, -0.15) is 13.2 Å². The molecule has 0 bridgehead atoms. The van der Waals surface area contributed by atoms with Crippen LogP contribution in [0.1, 0.15) is 4.88 Å². The molecule has 0 spiro atoms. The Bertz CT molecular complexity index is 215. The molecule has 0 atom stereocenters. The lowest BCUT2D eigenvalue weighted by Crippen LogP contribution is -2.02. The highest BCUT2D eigenvalue weighted by atomic mass is 32.2. The molecule has 0 amide bonds. The van der Waals surface area contributed by atoms with Gasteiger partial charge in [-0.15, -0.1) is 11.3 Å². The highest BCUT2D eigenvalue weighted by Gasteiger charge is 2.27. The Kier molecular flexibility index (Phi) is 3.46. The monoisotopic (exact) mass is 212 g/mol. The molecule has 0 fully saturated rings. The lowest BCUT2D eigenvalue weighted by molar-refractivity contribution is -0.0327. The molecule has 0 aliphatic rings. The highest BCUT2D eigenvalue weighted by molar-refractivity contribution is 8.00. The van der Waals surface area contributed by atoms with Crippen molar-refractivity contribution >= 4 is 23.1 Å². The Labute approximate surface area is 76.8 Å². The van der Waals surface area contributed by atoms with Crippen molar-refractivity contribution in [3.8, 4) is 0 Å². The zero-order valence-electron chi connectivity index (χ0n) is 6.10. The molecule has 0 saturated carbocycles. The molecule has 0 aromatic carbocycles. The lowest BCUT2D eigenvalue weighted by atomic mass is 10.4. The van der Waals surface area contributed by atoms with Crippen LogP contribution in [0.15, 0.2) is 17.5 Å². The maximum Gasteiger partial charge on any atom is 0.441 e. The quantitative estimate of drug-likeness (QED) is 0.738. The van der Waals surface area contributed by atoms with Crippen molar-refractivity contribution < 1.29 is 13.2 Å². The summed E-state index contributed by atoms with van der Waals surface area (Å²) in [6.45, 7) is 0. The summed E-state index contributed by atoms with van der Waals surface area (Å²) in [5, 5.41) is 1.87. The summed E-state index contributed by atoms with van der Waals surface area (Å²) >= 11 is 1.53. The number of aryl methyl sites for hydroxylation is 1. The van der Waals surface area contributed by atoms with Crippen LogP contribution in [0.25, 0.3) is 0 Å². The summed E-state index contributed by atoms with van der Waals surface area (Å²) in [6, 6.07) is 3.69. The third kappa shape index (κ3) is 4.01. The average Bonchev–Trinajstić information content (AvgIpc) is 2.36. The van der Waals surface area contributed by atoms with Gasteiger partial charge in [-0.05, 0) is 17.9 Å². The summed E-state index contributed by atoms with van der Waals surface area (Å²) in [5.74, 6) is 0.115. The fraction of sp³-hybridized carbons (Fsp3) is 0.429. The first-order valence-corrected chi connectivity index (χ1v) is 5.17. The Hall–Kier alpha value is -0.160. The van der Waals surface area contributed by atoms with Crippen LogP contribution < -0.4 is 0 Å². The number of alkyl halides is 3. The van der Waals surface area contributed by atoms with E-state index in [0.29, 0.717) is 6.42 Å². The lowest BCUT2D eigenvalue weighted by Gasteiger charge is -2.03. The van der Waals surface area contributed by atoms with Gasteiger partial charge in [-0.25, -0.2) is 0 Å². The molecule has 0 nitrogen and oxygen atoms in total. The normalized spacial score (nSPS) is 11.9. The van der Waals surface area contributed by atoms with E-state index in [-0.39, 0.29) is 17.5 Å². The van der Waals surface area contributed by atoms with Gasteiger partial charge in [-0.3, -0.25) is 0 Å². The van der Waals surface area contributed by atoms with Gasteiger partial charge in [0, 0.05) is 10.6 Å². The van der Waals surface area contributed by atoms with E-state index in [1.54, 1.807) is 0 Å². The van der Waals surface area contributed by atoms with Gasteiger partial charge in [0.05, 0.1) is 0 Å². The Morgan fingerprint density at radius 2 is 2.17 bits per heavy atom. The predicted octanol–water partition coefficient (Wildman–Crippen LogP) is 3.54. The van der Waals surface area contributed by atoms with Gasteiger partial charge >= 0.3 is 5.51 Å². The van der Waals surface area contributed by atoms with Gasteiger partial charge in [-0.1, -0.05) is 17.8 Å².